The highest BCUT2D eigenvalue weighted by molar-refractivity contribution is 6.30. The topological polar surface area (TPSA) is 59.7 Å². The molecule has 1 amide bonds. The van der Waals surface area contributed by atoms with Crippen LogP contribution in [0, 0.1) is 5.92 Å². The summed E-state index contributed by atoms with van der Waals surface area (Å²) in [5.74, 6) is 0.468. The van der Waals surface area contributed by atoms with Crippen molar-refractivity contribution >= 4 is 23.2 Å². The molecular formula is C23H25ClN4O2. The first-order chi connectivity index (χ1) is 14.7. The van der Waals surface area contributed by atoms with Crippen LogP contribution in [0.1, 0.15) is 43.9 Å². The first kappa shape index (κ1) is 19.5. The van der Waals surface area contributed by atoms with Gasteiger partial charge in [0.05, 0.1) is 41.5 Å². The van der Waals surface area contributed by atoms with Crippen LogP contribution in [-0.2, 0) is 9.53 Å². The van der Waals surface area contributed by atoms with Crippen molar-refractivity contribution in [3.05, 3.63) is 53.4 Å². The first-order valence-electron chi connectivity index (χ1n) is 10.7. The molecule has 5 rings (SSSR count). The molecule has 1 atom stereocenters. The zero-order valence-electron chi connectivity index (χ0n) is 16.8. The summed E-state index contributed by atoms with van der Waals surface area (Å²) in [6.45, 7) is 1.77. The van der Waals surface area contributed by atoms with Gasteiger partial charge >= 0.3 is 0 Å². The maximum Gasteiger partial charge on any atom is 0.225 e. The standard InChI is InChI=1S/C23H25ClN4O2/c24-17-9-10-22-25-13-20(28(22)14-17)18-7-4-8-19(26-18)21-15-27(11-12-30-21)23(29)16-5-2-1-3-6-16/h4,7-10,13-14,16,21H,1-3,5-6,11-12,15H2. The van der Waals surface area contributed by atoms with Crippen LogP contribution >= 0.6 is 11.6 Å². The molecule has 0 N–H and O–H groups in total. The molecule has 0 radical (unpaired) electrons. The van der Waals surface area contributed by atoms with Crippen molar-refractivity contribution in [1.29, 1.82) is 0 Å². The van der Waals surface area contributed by atoms with E-state index in [4.69, 9.17) is 21.3 Å². The van der Waals surface area contributed by atoms with E-state index in [2.05, 4.69) is 4.98 Å². The van der Waals surface area contributed by atoms with Crippen LogP contribution in [0.4, 0.5) is 0 Å². The van der Waals surface area contributed by atoms with Gasteiger partial charge in [0.25, 0.3) is 0 Å². The Kier molecular flexibility index (Phi) is 5.44. The van der Waals surface area contributed by atoms with Crippen LogP contribution in [0.25, 0.3) is 17.0 Å². The van der Waals surface area contributed by atoms with E-state index < -0.39 is 0 Å². The Morgan fingerprint density at radius 3 is 2.87 bits per heavy atom. The van der Waals surface area contributed by atoms with Gasteiger partial charge in [-0.2, -0.15) is 0 Å². The molecule has 1 saturated carbocycles. The zero-order chi connectivity index (χ0) is 20.5. The third kappa shape index (κ3) is 3.82. The van der Waals surface area contributed by atoms with Crippen molar-refractivity contribution in [2.75, 3.05) is 19.7 Å². The van der Waals surface area contributed by atoms with E-state index in [1.807, 2.05) is 45.8 Å². The van der Waals surface area contributed by atoms with Crippen LogP contribution < -0.4 is 0 Å². The number of hydrogen-bond acceptors (Lipinski definition) is 4. The Labute approximate surface area is 180 Å². The van der Waals surface area contributed by atoms with Crippen molar-refractivity contribution in [1.82, 2.24) is 19.3 Å². The minimum atomic E-state index is -0.214. The largest absolute Gasteiger partial charge is 0.368 e. The maximum atomic E-state index is 13.0. The summed E-state index contributed by atoms with van der Waals surface area (Å²) < 4.78 is 7.95. The number of hydrogen-bond donors (Lipinski definition) is 0. The van der Waals surface area contributed by atoms with Gasteiger partial charge in [-0.25, -0.2) is 9.97 Å². The summed E-state index contributed by atoms with van der Waals surface area (Å²) in [7, 11) is 0. The van der Waals surface area contributed by atoms with E-state index >= 15 is 0 Å². The summed E-state index contributed by atoms with van der Waals surface area (Å²) in [5, 5.41) is 0.644. The first-order valence-corrected chi connectivity index (χ1v) is 11.1. The number of carbonyl (C=O) groups is 1. The molecule has 0 bridgehead atoms. The molecule has 156 valence electrons. The number of aromatic nitrogens is 3. The van der Waals surface area contributed by atoms with E-state index in [-0.39, 0.29) is 17.9 Å². The summed E-state index contributed by atoms with van der Waals surface area (Å²) in [5.41, 5.74) is 3.34. The van der Waals surface area contributed by atoms with E-state index in [0.29, 0.717) is 24.7 Å². The van der Waals surface area contributed by atoms with Crippen LogP contribution in [0.15, 0.2) is 42.7 Å². The molecule has 6 nitrogen and oxygen atoms in total. The molecule has 3 aromatic heterocycles. The van der Waals surface area contributed by atoms with E-state index in [0.717, 1.165) is 48.4 Å². The van der Waals surface area contributed by atoms with Crippen LogP contribution in [0.5, 0.6) is 0 Å². The predicted molar refractivity (Wildman–Crippen MR) is 115 cm³/mol. The van der Waals surface area contributed by atoms with Gasteiger partial charge in [0, 0.05) is 18.7 Å². The Balaban J connectivity index is 1.38. The molecule has 3 aromatic rings. The van der Waals surface area contributed by atoms with Crippen molar-refractivity contribution in [3.8, 4) is 11.4 Å². The second-order valence-electron chi connectivity index (χ2n) is 8.15. The Morgan fingerprint density at radius 2 is 2.00 bits per heavy atom. The van der Waals surface area contributed by atoms with Gasteiger partial charge in [-0.15, -0.1) is 0 Å². The molecule has 1 saturated heterocycles. The number of ether oxygens (including phenoxy) is 1. The second-order valence-corrected chi connectivity index (χ2v) is 8.58. The van der Waals surface area contributed by atoms with Gasteiger partial charge in [-0.1, -0.05) is 36.9 Å². The number of pyridine rings is 2. The van der Waals surface area contributed by atoms with Gasteiger partial charge in [0.1, 0.15) is 11.8 Å². The molecule has 1 aliphatic carbocycles. The van der Waals surface area contributed by atoms with Gasteiger partial charge in [-0.3, -0.25) is 9.20 Å². The molecule has 2 aliphatic rings. The van der Waals surface area contributed by atoms with E-state index in [1.165, 1.54) is 6.42 Å². The van der Waals surface area contributed by atoms with Crippen LogP contribution in [-0.4, -0.2) is 44.9 Å². The summed E-state index contributed by atoms with van der Waals surface area (Å²) in [6.07, 6.45) is 9.05. The van der Waals surface area contributed by atoms with Crippen molar-refractivity contribution in [3.63, 3.8) is 0 Å². The minimum Gasteiger partial charge on any atom is -0.368 e. The molecule has 4 heterocycles. The van der Waals surface area contributed by atoms with Gasteiger partial charge in [-0.05, 0) is 37.1 Å². The van der Waals surface area contributed by atoms with Gasteiger partial charge < -0.3 is 9.64 Å². The zero-order valence-corrected chi connectivity index (χ0v) is 17.6. The average molecular weight is 425 g/mol. The fraction of sp³-hybridized carbons (Fsp3) is 0.435. The number of rotatable bonds is 3. The molecule has 0 spiro atoms. The lowest BCUT2D eigenvalue weighted by Crippen LogP contribution is -2.45. The minimum absolute atomic E-state index is 0.180. The van der Waals surface area contributed by atoms with E-state index in [9.17, 15) is 4.79 Å². The number of imidazole rings is 1. The highest BCUT2D eigenvalue weighted by atomic mass is 35.5. The SMILES string of the molecule is O=C(C1CCCCC1)N1CCOC(c2cccc(-c3cnc4ccc(Cl)cn34)n2)C1. The summed E-state index contributed by atoms with van der Waals surface area (Å²) >= 11 is 6.17. The van der Waals surface area contributed by atoms with Crippen LogP contribution in [0.2, 0.25) is 5.02 Å². The molecule has 0 aromatic carbocycles. The number of halogens is 1. The molecule has 7 heteroatoms. The average Bonchev–Trinajstić information content (AvgIpc) is 3.22. The van der Waals surface area contributed by atoms with Crippen LogP contribution in [0.3, 0.4) is 0 Å². The second kappa shape index (κ2) is 8.36. The van der Waals surface area contributed by atoms with Gasteiger partial charge in [0.15, 0.2) is 0 Å². The maximum absolute atomic E-state index is 13.0. The Morgan fingerprint density at radius 1 is 1.13 bits per heavy atom. The lowest BCUT2D eigenvalue weighted by molar-refractivity contribution is -0.144. The monoisotopic (exact) mass is 424 g/mol. The van der Waals surface area contributed by atoms with Crippen molar-refractivity contribution in [2.24, 2.45) is 5.92 Å². The highest BCUT2D eigenvalue weighted by Gasteiger charge is 2.31. The van der Waals surface area contributed by atoms with Gasteiger partial charge in [0.2, 0.25) is 5.91 Å². The molecule has 1 unspecified atom stereocenters. The molecule has 2 fully saturated rings. The predicted octanol–water partition coefficient (Wildman–Crippen LogP) is 4.53. The highest BCUT2D eigenvalue weighted by Crippen LogP contribution is 2.29. The third-order valence-electron chi connectivity index (χ3n) is 6.16. The lowest BCUT2D eigenvalue weighted by atomic mass is 9.88. The van der Waals surface area contributed by atoms with Crippen molar-refractivity contribution < 1.29 is 9.53 Å². The number of amides is 1. The fourth-order valence-electron chi connectivity index (χ4n) is 4.55. The lowest BCUT2D eigenvalue weighted by Gasteiger charge is -2.35. The molecule has 30 heavy (non-hydrogen) atoms. The number of carbonyl (C=O) groups excluding carboxylic acids is 1. The number of nitrogens with zero attached hydrogens (tertiary/aromatic N) is 4. The quantitative estimate of drug-likeness (QED) is 0.619. The Bertz CT molecular complexity index is 1060. The fourth-order valence-corrected chi connectivity index (χ4v) is 4.71. The third-order valence-corrected chi connectivity index (χ3v) is 6.39. The number of morpholine rings is 1. The smallest absolute Gasteiger partial charge is 0.225 e. The normalized spacial score (nSPS) is 20.6. The Hall–Kier alpha value is -2.44. The molecular weight excluding hydrogens is 400 g/mol. The summed E-state index contributed by atoms with van der Waals surface area (Å²) in [4.78, 5) is 24.3. The van der Waals surface area contributed by atoms with Crippen molar-refractivity contribution in [2.45, 2.75) is 38.2 Å². The number of fused-ring (bicyclic) bond motifs is 1. The summed E-state index contributed by atoms with van der Waals surface area (Å²) in [6, 6.07) is 9.62. The van der Waals surface area contributed by atoms with E-state index in [1.54, 1.807) is 6.20 Å². The molecule has 1 aliphatic heterocycles.